The number of halogens is 1. The molecule has 2 aromatic heterocycles. The van der Waals surface area contributed by atoms with Crippen molar-refractivity contribution < 1.29 is 28.6 Å². The van der Waals surface area contributed by atoms with E-state index in [-0.39, 0.29) is 12.2 Å². The number of ether oxygens (including phenoxy) is 1. The van der Waals surface area contributed by atoms with Gasteiger partial charge in [0.2, 0.25) is 5.91 Å². The van der Waals surface area contributed by atoms with Gasteiger partial charge in [-0.3, -0.25) is 9.59 Å². The van der Waals surface area contributed by atoms with Crippen LogP contribution in [0.1, 0.15) is 5.69 Å². The number of imidazole rings is 1. The highest BCUT2D eigenvalue weighted by Crippen LogP contribution is 2.26. The van der Waals surface area contributed by atoms with Crippen LogP contribution in [0.5, 0.6) is 0 Å². The first-order valence-corrected chi connectivity index (χ1v) is 9.97. The molecule has 1 aromatic carbocycles. The Morgan fingerprint density at radius 3 is 2.68 bits per heavy atom. The van der Waals surface area contributed by atoms with E-state index in [1.807, 2.05) is 0 Å². The third-order valence-electron chi connectivity index (χ3n) is 4.48. The fourth-order valence-electron chi connectivity index (χ4n) is 2.86. The molecular weight excluding hydrogens is 429 g/mol. The number of carboxylic acids is 1. The molecule has 2 amide bonds. The summed E-state index contributed by atoms with van der Waals surface area (Å²) in [4.78, 5) is 47.1. The summed E-state index contributed by atoms with van der Waals surface area (Å²) in [6.07, 6.45) is 0.688. The van der Waals surface area contributed by atoms with Crippen molar-refractivity contribution in [2.24, 2.45) is 0 Å². The number of epoxide rings is 1. The van der Waals surface area contributed by atoms with Crippen LogP contribution in [0.3, 0.4) is 0 Å². The zero-order valence-electron chi connectivity index (χ0n) is 15.7. The number of nitrogens with zero attached hydrogens (tertiary/aromatic N) is 2. The largest absolute Gasteiger partial charge is 0.479 e. The van der Waals surface area contributed by atoms with Crippen molar-refractivity contribution in [3.63, 3.8) is 0 Å². The Kier molecular flexibility index (Phi) is 5.73. The molecule has 0 saturated carbocycles. The average molecular weight is 445 g/mol. The highest BCUT2D eigenvalue weighted by atomic mass is 32.1. The summed E-state index contributed by atoms with van der Waals surface area (Å²) in [5.74, 6) is -2.85. The molecule has 0 bridgehead atoms. The summed E-state index contributed by atoms with van der Waals surface area (Å²) in [6, 6.07) is 4.75. The van der Waals surface area contributed by atoms with Crippen LogP contribution in [0.25, 0.3) is 11.3 Å². The van der Waals surface area contributed by atoms with Gasteiger partial charge < -0.3 is 25.5 Å². The van der Waals surface area contributed by atoms with Crippen molar-refractivity contribution in [1.82, 2.24) is 20.3 Å². The number of hydrogen-bond donors (Lipinski definition) is 4. The summed E-state index contributed by atoms with van der Waals surface area (Å²) >= 11 is 1.17. The SMILES string of the molecule is O=C(Nc1nc(-c2ccc(F)cc2)cs1)[C@H](Cc1cnc[nH]1)NC(=O)[C@H]1O[C@@H]1C(=O)O. The van der Waals surface area contributed by atoms with Gasteiger partial charge in [-0.1, -0.05) is 0 Å². The lowest BCUT2D eigenvalue weighted by Crippen LogP contribution is -2.47. The Morgan fingerprint density at radius 2 is 2.03 bits per heavy atom. The average Bonchev–Trinajstić information content (AvgIpc) is 3.15. The Hall–Kier alpha value is -3.64. The lowest BCUT2D eigenvalue weighted by Gasteiger charge is -2.16. The molecular formula is C19H16FN5O5S. The number of aliphatic carboxylic acids is 1. The zero-order valence-corrected chi connectivity index (χ0v) is 16.6. The third-order valence-corrected chi connectivity index (χ3v) is 5.24. The number of H-pyrrole nitrogens is 1. The molecule has 1 fully saturated rings. The highest BCUT2D eigenvalue weighted by Gasteiger charge is 2.51. The van der Waals surface area contributed by atoms with Crippen molar-refractivity contribution in [2.45, 2.75) is 24.7 Å². The van der Waals surface area contributed by atoms with Gasteiger partial charge in [-0.15, -0.1) is 11.3 Å². The summed E-state index contributed by atoms with van der Waals surface area (Å²) < 4.78 is 17.9. The minimum atomic E-state index is -1.24. The maximum Gasteiger partial charge on any atom is 0.336 e. The monoisotopic (exact) mass is 445 g/mol. The molecule has 160 valence electrons. The van der Waals surface area contributed by atoms with Gasteiger partial charge in [0.1, 0.15) is 11.9 Å². The van der Waals surface area contributed by atoms with Gasteiger partial charge in [0.15, 0.2) is 17.3 Å². The fraction of sp³-hybridized carbons (Fsp3) is 0.211. The number of aromatic amines is 1. The van der Waals surface area contributed by atoms with Crippen molar-refractivity contribution in [1.29, 1.82) is 0 Å². The van der Waals surface area contributed by atoms with Gasteiger partial charge in [-0.05, 0) is 24.3 Å². The lowest BCUT2D eigenvalue weighted by atomic mass is 10.1. The number of anilines is 1. The second kappa shape index (κ2) is 8.62. The van der Waals surface area contributed by atoms with Crippen molar-refractivity contribution >= 4 is 34.3 Å². The molecule has 4 rings (SSSR count). The Labute approximate surface area is 178 Å². The fourth-order valence-corrected chi connectivity index (χ4v) is 3.58. The first-order chi connectivity index (χ1) is 14.9. The van der Waals surface area contributed by atoms with E-state index >= 15 is 0 Å². The van der Waals surface area contributed by atoms with E-state index in [9.17, 15) is 18.8 Å². The van der Waals surface area contributed by atoms with E-state index in [0.717, 1.165) is 0 Å². The summed E-state index contributed by atoms with van der Waals surface area (Å²) in [6.45, 7) is 0. The quantitative estimate of drug-likeness (QED) is 0.380. The molecule has 1 aliphatic heterocycles. The molecule has 12 heteroatoms. The van der Waals surface area contributed by atoms with Crippen molar-refractivity contribution in [3.05, 3.63) is 53.7 Å². The highest BCUT2D eigenvalue weighted by molar-refractivity contribution is 7.14. The van der Waals surface area contributed by atoms with Crippen molar-refractivity contribution in [2.75, 3.05) is 5.32 Å². The van der Waals surface area contributed by atoms with Crippen LogP contribution in [0.15, 0.2) is 42.2 Å². The number of hydrogen-bond acceptors (Lipinski definition) is 7. The van der Waals surface area contributed by atoms with Crippen LogP contribution in [0, 0.1) is 5.82 Å². The molecule has 0 unspecified atom stereocenters. The minimum Gasteiger partial charge on any atom is -0.479 e. The number of benzene rings is 1. The van der Waals surface area contributed by atoms with Crippen LogP contribution >= 0.6 is 11.3 Å². The van der Waals surface area contributed by atoms with Gasteiger partial charge in [0.25, 0.3) is 5.91 Å². The number of thiazole rings is 1. The van der Waals surface area contributed by atoms with Crippen LogP contribution in [-0.4, -0.2) is 56.1 Å². The minimum absolute atomic E-state index is 0.0955. The molecule has 31 heavy (non-hydrogen) atoms. The number of carbonyl (C=O) groups is 3. The van der Waals surface area contributed by atoms with E-state index < -0.39 is 36.0 Å². The van der Waals surface area contributed by atoms with E-state index in [1.165, 1.54) is 36.0 Å². The Bertz CT molecular complexity index is 1100. The second-order valence-electron chi connectivity index (χ2n) is 6.69. The normalized spacial score (nSPS) is 18.2. The predicted molar refractivity (Wildman–Crippen MR) is 107 cm³/mol. The Balaban J connectivity index is 1.45. The van der Waals surface area contributed by atoms with Gasteiger partial charge in [-0.25, -0.2) is 19.2 Å². The van der Waals surface area contributed by atoms with Gasteiger partial charge in [0, 0.05) is 29.3 Å². The standard InChI is InChI=1S/C19H16FN5O5S/c20-10-3-1-9(2-4-10)13-7-31-19(24-13)25-16(26)12(5-11-6-21-8-22-11)23-17(27)14-15(30-14)18(28)29/h1-4,6-8,12,14-15H,5H2,(H,21,22)(H,23,27)(H,28,29)(H,24,25,26)/t12-,14-,15-/m0/s1. The number of carbonyl (C=O) groups excluding carboxylic acids is 2. The first-order valence-electron chi connectivity index (χ1n) is 9.09. The zero-order chi connectivity index (χ0) is 22.0. The number of nitrogens with one attached hydrogen (secondary N) is 3. The topological polar surface area (TPSA) is 150 Å². The van der Waals surface area contributed by atoms with Crippen LogP contribution in [0.2, 0.25) is 0 Å². The molecule has 0 radical (unpaired) electrons. The maximum absolute atomic E-state index is 13.1. The predicted octanol–water partition coefficient (Wildman–Crippen LogP) is 1.19. The van der Waals surface area contributed by atoms with Gasteiger partial charge in [-0.2, -0.15) is 0 Å². The summed E-state index contributed by atoms with van der Waals surface area (Å²) in [5.41, 5.74) is 1.84. The molecule has 3 aromatic rings. The van der Waals surface area contributed by atoms with Crippen LogP contribution in [0.4, 0.5) is 9.52 Å². The molecule has 10 nitrogen and oxygen atoms in total. The van der Waals surface area contributed by atoms with Crippen molar-refractivity contribution in [3.8, 4) is 11.3 Å². The molecule has 1 aliphatic rings. The molecule has 0 aliphatic carbocycles. The van der Waals surface area contributed by atoms with Gasteiger partial charge in [0.05, 0.1) is 12.0 Å². The number of aromatic nitrogens is 3. The van der Waals surface area contributed by atoms with E-state index in [2.05, 4.69) is 25.6 Å². The number of carboxylic acid groups (broad SMARTS) is 1. The van der Waals surface area contributed by atoms with E-state index in [0.29, 0.717) is 22.1 Å². The third kappa shape index (κ3) is 4.92. The summed E-state index contributed by atoms with van der Waals surface area (Å²) in [7, 11) is 0. The Morgan fingerprint density at radius 1 is 1.26 bits per heavy atom. The lowest BCUT2D eigenvalue weighted by molar-refractivity contribution is -0.138. The molecule has 0 spiro atoms. The van der Waals surface area contributed by atoms with Crippen LogP contribution in [-0.2, 0) is 25.5 Å². The van der Waals surface area contributed by atoms with Gasteiger partial charge >= 0.3 is 5.97 Å². The summed E-state index contributed by atoms with van der Waals surface area (Å²) in [5, 5.41) is 16.1. The number of amides is 2. The molecule has 4 N–H and O–H groups in total. The molecule has 3 heterocycles. The maximum atomic E-state index is 13.1. The smallest absolute Gasteiger partial charge is 0.336 e. The molecule has 1 saturated heterocycles. The van der Waals surface area contributed by atoms with E-state index in [1.54, 1.807) is 17.5 Å². The second-order valence-corrected chi connectivity index (χ2v) is 7.55. The van der Waals surface area contributed by atoms with E-state index in [4.69, 9.17) is 9.84 Å². The van der Waals surface area contributed by atoms with Crippen LogP contribution < -0.4 is 10.6 Å². The molecule has 3 atom stereocenters. The first kappa shape index (κ1) is 20.6. The number of rotatable bonds is 8.